The maximum Gasteiger partial charge on any atom is 0.335 e. The van der Waals surface area contributed by atoms with Gasteiger partial charge in [0.1, 0.15) is 11.5 Å². The quantitative estimate of drug-likeness (QED) is 0.0778. The number of esters is 2. The fourth-order valence-electron chi connectivity index (χ4n) is 2.68. The molecule has 0 bridgehead atoms. The lowest BCUT2D eigenvalue weighted by Gasteiger charge is -2.20. The summed E-state index contributed by atoms with van der Waals surface area (Å²) < 4.78 is 10.4. The second-order valence-corrected chi connectivity index (χ2v) is 10.1. The summed E-state index contributed by atoms with van der Waals surface area (Å²) in [6.07, 6.45) is 1.10. The highest BCUT2D eigenvalue weighted by atomic mass is 32.2. The number of rotatable bonds is 13. The molecular formula is C28H33NO7S. The van der Waals surface area contributed by atoms with E-state index in [4.69, 9.17) is 14.3 Å². The van der Waals surface area contributed by atoms with Gasteiger partial charge in [0.2, 0.25) is 5.78 Å². The van der Waals surface area contributed by atoms with Crippen molar-refractivity contribution in [3.05, 3.63) is 54.1 Å². The van der Waals surface area contributed by atoms with Gasteiger partial charge in [-0.1, -0.05) is 30.8 Å². The maximum atomic E-state index is 12.6. The van der Waals surface area contributed by atoms with Gasteiger partial charge in [0.15, 0.2) is 0 Å². The fourth-order valence-corrected chi connectivity index (χ4v) is 3.50. The van der Waals surface area contributed by atoms with Gasteiger partial charge in [0.05, 0.1) is 24.9 Å². The summed E-state index contributed by atoms with van der Waals surface area (Å²) in [6.45, 7) is 9.27. The summed E-state index contributed by atoms with van der Waals surface area (Å²) in [5.41, 5.74) is -0.134. The van der Waals surface area contributed by atoms with Gasteiger partial charge in [-0.3, -0.25) is 14.4 Å². The van der Waals surface area contributed by atoms with E-state index >= 15 is 0 Å². The number of hydrogen-bond donors (Lipinski definition) is 0. The van der Waals surface area contributed by atoms with Gasteiger partial charge in [-0.15, -0.1) is 0 Å². The molecule has 0 aliphatic heterocycles. The summed E-state index contributed by atoms with van der Waals surface area (Å²) in [7, 11) is 0. The highest BCUT2D eigenvalue weighted by Crippen LogP contribution is 2.30. The number of nitrogens with zero attached hydrogens (tertiary/aromatic N) is 1. The molecule has 0 atom stereocenters. The first kappa shape index (κ1) is 29.8. The summed E-state index contributed by atoms with van der Waals surface area (Å²) in [5.74, 6) is -1.36. The second-order valence-electron chi connectivity index (χ2n) is 8.91. The van der Waals surface area contributed by atoms with Crippen molar-refractivity contribution in [2.24, 2.45) is 10.6 Å². The molecule has 0 unspecified atom stereocenters. The van der Waals surface area contributed by atoms with Gasteiger partial charge in [-0.05, 0) is 82.1 Å². The van der Waals surface area contributed by atoms with Crippen LogP contribution >= 0.6 is 11.8 Å². The lowest BCUT2D eigenvalue weighted by molar-refractivity contribution is -0.150. The lowest BCUT2D eigenvalue weighted by Crippen LogP contribution is -2.28. The van der Waals surface area contributed by atoms with Crippen LogP contribution in [0.15, 0.2) is 63.5 Å². The number of carbonyl (C=O) groups excluding carboxylic acids is 4. The van der Waals surface area contributed by atoms with Crippen LogP contribution < -0.4 is 4.74 Å². The van der Waals surface area contributed by atoms with Crippen LogP contribution in [0.5, 0.6) is 5.75 Å². The number of hydrogen-bond acceptors (Lipinski definition) is 9. The van der Waals surface area contributed by atoms with E-state index < -0.39 is 17.4 Å². The molecule has 0 fully saturated rings. The Kier molecular flexibility index (Phi) is 11.5. The van der Waals surface area contributed by atoms with E-state index in [-0.39, 0.29) is 30.3 Å². The Bertz CT molecular complexity index is 1120. The van der Waals surface area contributed by atoms with E-state index in [0.29, 0.717) is 30.8 Å². The van der Waals surface area contributed by atoms with Crippen LogP contribution in [0, 0.1) is 5.41 Å². The van der Waals surface area contributed by atoms with E-state index in [1.54, 1.807) is 36.4 Å². The monoisotopic (exact) mass is 527 g/mol. The first-order valence-corrected chi connectivity index (χ1v) is 12.9. The van der Waals surface area contributed by atoms with Crippen molar-refractivity contribution >= 4 is 41.2 Å². The van der Waals surface area contributed by atoms with E-state index in [9.17, 15) is 19.2 Å². The molecule has 0 saturated heterocycles. The number of carbonyl (C=O) groups is 4. The summed E-state index contributed by atoms with van der Waals surface area (Å²) in [4.78, 5) is 54.6. The molecule has 0 aromatic heterocycles. The van der Waals surface area contributed by atoms with Gasteiger partial charge in [0.25, 0.3) is 0 Å². The van der Waals surface area contributed by atoms with Gasteiger partial charge < -0.3 is 14.3 Å². The number of benzene rings is 2. The molecule has 2 aromatic rings. The minimum atomic E-state index is -0.720. The smallest absolute Gasteiger partial charge is 0.335 e. The molecule has 0 aliphatic rings. The minimum absolute atomic E-state index is 0.0127. The summed E-state index contributed by atoms with van der Waals surface area (Å²) in [5, 5.41) is 3.60. The Hall–Kier alpha value is -3.46. The molecular weight excluding hydrogens is 494 g/mol. The molecule has 0 heterocycles. The van der Waals surface area contributed by atoms with E-state index in [0.717, 1.165) is 9.79 Å². The average molecular weight is 528 g/mol. The Morgan fingerprint density at radius 3 is 2.00 bits per heavy atom. The molecule has 9 heteroatoms. The molecule has 2 rings (SSSR count). The van der Waals surface area contributed by atoms with Crippen molar-refractivity contribution in [3.63, 3.8) is 0 Å². The SMILES string of the molecule is CCCOC(=O)CCC(=O)O/N=C(\C)C(=O)c1ccc(Sc2ccc(OC(=O)C(C)(C)CC)cc2)cc1. The van der Waals surface area contributed by atoms with Crippen LogP contribution in [0.3, 0.4) is 0 Å². The van der Waals surface area contributed by atoms with Crippen molar-refractivity contribution in [2.75, 3.05) is 6.61 Å². The fraction of sp³-hybridized carbons (Fsp3) is 0.393. The molecule has 198 valence electrons. The predicted octanol–water partition coefficient (Wildman–Crippen LogP) is 6.01. The van der Waals surface area contributed by atoms with Crippen LogP contribution in [0.25, 0.3) is 0 Å². The topological polar surface area (TPSA) is 108 Å². The lowest BCUT2D eigenvalue weighted by atomic mass is 9.91. The summed E-state index contributed by atoms with van der Waals surface area (Å²) in [6, 6.07) is 14.2. The Morgan fingerprint density at radius 1 is 0.865 bits per heavy atom. The zero-order valence-electron chi connectivity index (χ0n) is 21.9. The van der Waals surface area contributed by atoms with Crippen LogP contribution in [0.4, 0.5) is 0 Å². The van der Waals surface area contributed by atoms with E-state index in [1.165, 1.54) is 18.7 Å². The highest BCUT2D eigenvalue weighted by molar-refractivity contribution is 7.99. The molecule has 8 nitrogen and oxygen atoms in total. The van der Waals surface area contributed by atoms with Crippen molar-refractivity contribution in [3.8, 4) is 5.75 Å². The standard InChI is InChI=1S/C28H33NO7S/c1-6-18-34-24(30)16-17-25(31)36-29-19(3)26(32)20-8-12-22(13-9-20)37-23-14-10-21(11-15-23)35-27(33)28(4,5)7-2/h8-15H,6-7,16-18H2,1-5H3/b29-19+. The minimum Gasteiger partial charge on any atom is -0.466 e. The zero-order chi connectivity index (χ0) is 27.4. The second kappa shape index (κ2) is 14.3. The molecule has 0 amide bonds. The van der Waals surface area contributed by atoms with Gasteiger partial charge in [-0.25, -0.2) is 4.79 Å². The molecule has 0 aliphatic carbocycles. The van der Waals surface area contributed by atoms with Crippen LogP contribution in [0.2, 0.25) is 0 Å². The Labute approximate surface area is 221 Å². The first-order chi connectivity index (χ1) is 17.6. The van der Waals surface area contributed by atoms with Crippen molar-refractivity contribution in [2.45, 2.75) is 70.1 Å². The highest BCUT2D eigenvalue weighted by Gasteiger charge is 2.27. The maximum absolute atomic E-state index is 12.6. The molecule has 0 saturated carbocycles. The normalized spacial score (nSPS) is 11.5. The number of ether oxygens (including phenoxy) is 2. The van der Waals surface area contributed by atoms with Crippen molar-refractivity contribution < 1.29 is 33.5 Å². The van der Waals surface area contributed by atoms with Crippen LogP contribution in [-0.4, -0.2) is 36.0 Å². The third kappa shape index (κ3) is 9.84. The zero-order valence-corrected chi connectivity index (χ0v) is 22.7. The molecule has 0 spiro atoms. The van der Waals surface area contributed by atoms with Crippen molar-refractivity contribution in [1.82, 2.24) is 0 Å². The largest absolute Gasteiger partial charge is 0.466 e. The van der Waals surface area contributed by atoms with Gasteiger partial charge >= 0.3 is 17.9 Å². The molecule has 0 radical (unpaired) electrons. The van der Waals surface area contributed by atoms with Gasteiger partial charge in [0, 0.05) is 15.4 Å². The van der Waals surface area contributed by atoms with E-state index in [2.05, 4.69) is 5.16 Å². The molecule has 2 aromatic carbocycles. The molecule has 37 heavy (non-hydrogen) atoms. The third-order valence-corrected chi connectivity index (χ3v) is 6.45. The van der Waals surface area contributed by atoms with Crippen LogP contribution in [-0.2, 0) is 24.0 Å². The Balaban J connectivity index is 1.88. The number of ketones is 1. The Morgan fingerprint density at radius 2 is 1.43 bits per heavy atom. The summed E-state index contributed by atoms with van der Waals surface area (Å²) >= 11 is 1.49. The van der Waals surface area contributed by atoms with Crippen LogP contribution in [0.1, 0.15) is 70.7 Å². The third-order valence-electron chi connectivity index (χ3n) is 5.44. The number of oxime groups is 1. The first-order valence-electron chi connectivity index (χ1n) is 12.1. The number of Topliss-reactive ketones (excluding diaryl/α,β-unsaturated/α-hetero) is 1. The molecule has 0 N–H and O–H groups in total. The van der Waals surface area contributed by atoms with Crippen molar-refractivity contribution in [1.29, 1.82) is 0 Å². The average Bonchev–Trinajstić information content (AvgIpc) is 2.90. The predicted molar refractivity (Wildman–Crippen MR) is 141 cm³/mol. The van der Waals surface area contributed by atoms with E-state index in [1.807, 2.05) is 39.8 Å². The van der Waals surface area contributed by atoms with Gasteiger partial charge in [-0.2, -0.15) is 0 Å².